The van der Waals surface area contributed by atoms with Crippen LogP contribution in [0.2, 0.25) is 0 Å². The molecule has 0 saturated heterocycles. The number of carbonyl (C=O) groups excluding carboxylic acids is 2. The highest BCUT2D eigenvalue weighted by Crippen LogP contribution is 2.37. The normalized spacial score (nSPS) is 20.2. The number of hydrogen-bond donors (Lipinski definition) is 0. The van der Waals surface area contributed by atoms with Crippen LogP contribution >= 0.6 is 0 Å². The van der Waals surface area contributed by atoms with Crippen LogP contribution in [0, 0.1) is 6.92 Å². The summed E-state index contributed by atoms with van der Waals surface area (Å²) in [5.74, 6) is -1.24. The summed E-state index contributed by atoms with van der Waals surface area (Å²) in [5, 5.41) is 0. The van der Waals surface area contributed by atoms with Gasteiger partial charge >= 0.3 is 0 Å². The Morgan fingerprint density at radius 3 is 2.23 bits per heavy atom. The third-order valence-corrected chi connectivity index (χ3v) is 6.84. The second kappa shape index (κ2) is 6.36. The van der Waals surface area contributed by atoms with E-state index in [9.17, 15) is 18.0 Å². The number of nitrogens with zero attached hydrogens (tertiary/aromatic N) is 1. The molecule has 1 atom stereocenters. The largest absolute Gasteiger partial charge is 0.278 e. The van der Waals surface area contributed by atoms with Gasteiger partial charge in [-0.05, 0) is 44.5 Å². The molecule has 1 unspecified atom stereocenters. The first-order chi connectivity index (χ1) is 12.2. The molecule has 2 aromatic rings. The van der Waals surface area contributed by atoms with Crippen molar-refractivity contribution in [1.29, 1.82) is 0 Å². The maximum atomic E-state index is 13.1. The van der Waals surface area contributed by atoms with Gasteiger partial charge in [-0.25, -0.2) is 8.42 Å². The Morgan fingerprint density at radius 1 is 1.00 bits per heavy atom. The maximum absolute atomic E-state index is 13.1. The van der Waals surface area contributed by atoms with Gasteiger partial charge in [0, 0.05) is 12.1 Å². The lowest BCUT2D eigenvalue weighted by molar-refractivity contribution is -0.133. The monoisotopic (exact) mass is 371 g/mol. The molecule has 136 valence electrons. The van der Waals surface area contributed by atoms with Crippen molar-refractivity contribution in [1.82, 2.24) is 4.90 Å². The molecule has 1 aliphatic rings. The maximum Gasteiger partial charge on any atom is 0.260 e. The Bertz CT molecular complexity index is 979. The molecule has 0 N–H and O–H groups in total. The van der Waals surface area contributed by atoms with Crippen LogP contribution in [0.4, 0.5) is 0 Å². The van der Waals surface area contributed by atoms with E-state index in [1.807, 2.05) is 6.92 Å². The number of benzene rings is 2. The van der Waals surface area contributed by atoms with Gasteiger partial charge in [0.25, 0.3) is 5.91 Å². The molecule has 0 bridgehead atoms. The van der Waals surface area contributed by atoms with Crippen LogP contribution in [0.1, 0.15) is 35.3 Å². The van der Waals surface area contributed by atoms with Gasteiger partial charge in [-0.15, -0.1) is 0 Å². The second-order valence-corrected chi connectivity index (χ2v) is 8.79. The van der Waals surface area contributed by atoms with Gasteiger partial charge in [-0.2, -0.15) is 0 Å². The molecule has 5 nitrogen and oxygen atoms in total. The first-order valence-corrected chi connectivity index (χ1v) is 10.1. The molecular weight excluding hydrogens is 350 g/mol. The number of rotatable bonds is 4. The number of carbonyl (C=O) groups is 2. The zero-order valence-corrected chi connectivity index (χ0v) is 15.8. The molecule has 0 aromatic heterocycles. The first-order valence-electron chi connectivity index (χ1n) is 8.46. The van der Waals surface area contributed by atoms with Gasteiger partial charge in [0.2, 0.25) is 5.91 Å². The molecule has 0 radical (unpaired) electrons. The molecule has 0 aliphatic carbocycles. The van der Waals surface area contributed by atoms with E-state index in [2.05, 4.69) is 0 Å². The van der Waals surface area contributed by atoms with Crippen LogP contribution in [0.3, 0.4) is 0 Å². The van der Waals surface area contributed by atoms with Crippen LogP contribution < -0.4 is 0 Å². The van der Waals surface area contributed by atoms with Gasteiger partial charge in [0.15, 0.2) is 9.84 Å². The molecule has 0 saturated carbocycles. The van der Waals surface area contributed by atoms with Gasteiger partial charge < -0.3 is 0 Å². The Hall–Kier alpha value is -2.47. The van der Waals surface area contributed by atoms with Gasteiger partial charge in [-0.3, -0.25) is 14.5 Å². The average molecular weight is 371 g/mol. The van der Waals surface area contributed by atoms with E-state index in [0.717, 1.165) is 10.5 Å². The average Bonchev–Trinajstić information content (AvgIpc) is 2.61. The number of likely N-dealkylation sites (N-methyl/N-ethyl adjacent to an activating group) is 1. The van der Waals surface area contributed by atoms with Crippen LogP contribution in [0.5, 0.6) is 0 Å². The van der Waals surface area contributed by atoms with E-state index in [1.165, 1.54) is 0 Å². The van der Waals surface area contributed by atoms with Crippen molar-refractivity contribution in [2.75, 3.05) is 12.3 Å². The lowest BCUT2D eigenvalue weighted by Crippen LogP contribution is -2.55. The highest BCUT2D eigenvalue weighted by molar-refractivity contribution is 7.91. The van der Waals surface area contributed by atoms with Crippen LogP contribution in [0.15, 0.2) is 53.4 Å². The van der Waals surface area contributed by atoms with Crippen LogP contribution in [-0.2, 0) is 20.0 Å². The molecule has 3 rings (SSSR count). The fourth-order valence-electron chi connectivity index (χ4n) is 3.44. The second-order valence-electron chi connectivity index (χ2n) is 6.80. The number of imide groups is 1. The fraction of sp³-hybridized carbons (Fsp3) is 0.300. The van der Waals surface area contributed by atoms with E-state index in [-0.39, 0.29) is 23.1 Å². The molecule has 0 fully saturated rings. The van der Waals surface area contributed by atoms with Crippen molar-refractivity contribution < 1.29 is 18.0 Å². The molecule has 26 heavy (non-hydrogen) atoms. The van der Waals surface area contributed by atoms with Crippen LogP contribution in [-0.4, -0.2) is 37.4 Å². The summed E-state index contributed by atoms with van der Waals surface area (Å²) in [5.41, 5.74) is 0.493. The van der Waals surface area contributed by atoms with E-state index in [0.29, 0.717) is 11.1 Å². The lowest BCUT2D eigenvalue weighted by Gasteiger charge is -2.39. The minimum atomic E-state index is -3.72. The third kappa shape index (κ3) is 2.84. The number of amides is 2. The minimum absolute atomic E-state index is 0.176. The summed E-state index contributed by atoms with van der Waals surface area (Å²) in [6.07, 6.45) is 0. The van der Waals surface area contributed by atoms with Crippen molar-refractivity contribution in [3.05, 3.63) is 65.2 Å². The Labute approximate surface area is 153 Å². The lowest BCUT2D eigenvalue weighted by atomic mass is 9.77. The first kappa shape index (κ1) is 18.3. The number of hydrogen-bond acceptors (Lipinski definition) is 4. The standard InChI is InChI=1S/C20H21NO4S/c1-4-21-18(22)16-7-5-6-8-17(16)20(3,19(21)23)13-26(24,25)15-11-9-14(2)10-12-15/h5-12H,4,13H2,1-3H3. The minimum Gasteiger partial charge on any atom is -0.278 e. The van der Waals surface area contributed by atoms with Crippen molar-refractivity contribution in [3.63, 3.8) is 0 Å². The van der Waals surface area contributed by atoms with E-state index in [1.54, 1.807) is 62.4 Å². The summed E-state index contributed by atoms with van der Waals surface area (Å²) >= 11 is 0. The van der Waals surface area contributed by atoms with Crippen molar-refractivity contribution in [3.8, 4) is 0 Å². The number of sulfone groups is 1. The summed E-state index contributed by atoms with van der Waals surface area (Å²) < 4.78 is 26.0. The summed E-state index contributed by atoms with van der Waals surface area (Å²) in [6, 6.07) is 13.3. The predicted octanol–water partition coefficient (Wildman–Crippen LogP) is 2.73. The molecule has 2 aromatic carbocycles. The predicted molar refractivity (Wildman–Crippen MR) is 98.7 cm³/mol. The zero-order chi connectivity index (χ0) is 19.1. The summed E-state index contributed by atoms with van der Waals surface area (Å²) in [6.45, 7) is 5.39. The van der Waals surface area contributed by atoms with Gasteiger partial charge in [0.1, 0.15) is 0 Å². The Morgan fingerprint density at radius 2 is 1.62 bits per heavy atom. The Kier molecular flexibility index (Phi) is 4.48. The van der Waals surface area contributed by atoms with E-state index < -0.39 is 21.2 Å². The highest BCUT2D eigenvalue weighted by Gasteiger charge is 2.49. The van der Waals surface area contributed by atoms with Crippen molar-refractivity contribution in [2.24, 2.45) is 0 Å². The fourth-order valence-corrected chi connectivity index (χ4v) is 5.19. The zero-order valence-electron chi connectivity index (χ0n) is 15.0. The molecule has 1 heterocycles. The molecule has 0 spiro atoms. The van der Waals surface area contributed by atoms with Gasteiger partial charge in [0.05, 0.1) is 16.1 Å². The SMILES string of the molecule is CCN1C(=O)c2ccccc2C(C)(CS(=O)(=O)c2ccc(C)cc2)C1=O. The van der Waals surface area contributed by atoms with Crippen molar-refractivity contribution in [2.45, 2.75) is 31.1 Å². The van der Waals surface area contributed by atoms with Gasteiger partial charge in [-0.1, -0.05) is 35.9 Å². The topological polar surface area (TPSA) is 71.5 Å². The quantitative estimate of drug-likeness (QED) is 0.775. The third-order valence-electron chi connectivity index (χ3n) is 4.89. The summed E-state index contributed by atoms with van der Waals surface area (Å²) in [4.78, 5) is 26.9. The van der Waals surface area contributed by atoms with Crippen molar-refractivity contribution >= 4 is 21.7 Å². The Balaban J connectivity index is 2.12. The smallest absolute Gasteiger partial charge is 0.260 e. The molecular formula is C20H21NO4S. The van der Waals surface area contributed by atoms with E-state index >= 15 is 0 Å². The van der Waals surface area contributed by atoms with Crippen LogP contribution in [0.25, 0.3) is 0 Å². The number of aryl methyl sites for hydroxylation is 1. The summed E-state index contributed by atoms with van der Waals surface area (Å²) in [7, 11) is -3.72. The molecule has 6 heteroatoms. The van der Waals surface area contributed by atoms with E-state index in [4.69, 9.17) is 0 Å². The highest BCUT2D eigenvalue weighted by atomic mass is 32.2. The molecule has 2 amide bonds. The number of fused-ring (bicyclic) bond motifs is 1. The molecule has 1 aliphatic heterocycles.